The highest BCUT2D eigenvalue weighted by atomic mass is 16.5. The van der Waals surface area contributed by atoms with Crippen LogP contribution in [0.15, 0.2) is 11.8 Å². The molecule has 0 saturated heterocycles. The zero-order valence-electron chi connectivity index (χ0n) is 12.4. The number of carbonyl (C=O) groups excluding carboxylic acids is 3. The first-order valence-electron chi connectivity index (χ1n) is 6.29. The summed E-state index contributed by atoms with van der Waals surface area (Å²) < 4.78 is 9.51. The smallest absolute Gasteiger partial charge is 0.327 e. The lowest BCUT2D eigenvalue weighted by molar-refractivity contribution is -0.139. The van der Waals surface area contributed by atoms with Crippen molar-refractivity contribution in [3.05, 3.63) is 11.8 Å². The molecule has 120 valence electrons. The van der Waals surface area contributed by atoms with Gasteiger partial charge in [-0.15, -0.1) is 0 Å². The SMILES string of the molecule is COCCNC(=O)C=C(C)NNC(=O)C(=O)NCCOC. The van der Waals surface area contributed by atoms with Crippen LogP contribution in [0.5, 0.6) is 0 Å². The van der Waals surface area contributed by atoms with Crippen LogP contribution < -0.4 is 21.5 Å². The summed E-state index contributed by atoms with van der Waals surface area (Å²) in [5, 5.41) is 4.93. The Morgan fingerprint density at radius 1 is 0.905 bits per heavy atom. The first-order chi connectivity index (χ1) is 10.0. The van der Waals surface area contributed by atoms with E-state index in [1.54, 1.807) is 6.92 Å². The standard InChI is InChI=1S/C12H22N4O5/c1-9(8-10(17)13-4-6-20-2)15-16-12(19)11(18)14-5-7-21-3/h8,15H,4-7H2,1-3H3,(H,13,17)(H,14,18)(H,16,19). The minimum Gasteiger partial charge on any atom is -0.383 e. The molecule has 0 unspecified atom stereocenters. The quantitative estimate of drug-likeness (QED) is 0.170. The second-order valence-corrected chi connectivity index (χ2v) is 3.94. The van der Waals surface area contributed by atoms with Crippen molar-refractivity contribution in [2.45, 2.75) is 6.92 Å². The van der Waals surface area contributed by atoms with Crippen LogP contribution in [0.1, 0.15) is 6.92 Å². The third kappa shape index (κ3) is 10.3. The Morgan fingerprint density at radius 2 is 1.48 bits per heavy atom. The molecule has 0 saturated carbocycles. The maximum absolute atomic E-state index is 11.4. The molecule has 0 aromatic heterocycles. The van der Waals surface area contributed by atoms with Gasteiger partial charge in [-0.2, -0.15) is 0 Å². The molecule has 9 heteroatoms. The molecule has 0 rings (SSSR count). The summed E-state index contributed by atoms with van der Waals surface area (Å²) >= 11 is 0. The topological polar surface area (TPSA) is 118 Å². The molecule has 0 atom stereocenters. The van der Waals surface area contributed by atoms with Gasteiger partial charge < -0.3 is 25.5 Å². The predicted molar refractivity (Wildman–Crippen MR) is 74.8 cm³/mol. The van der Waals surface area contributed by atoms with Gasteiger partial charge in [-0.05, 0) is 6.92 Å². The fourth-order valence-corrected chi connectivity index (χ4v) is 1.12. The Bertz CT molecular complexity index is 384. The molecule has 0 bridgehead atoms. The number of hydrogen-bond acceptors (Lipinski definition) is 6. The molecule has 21 heavy (non-hydrogen) atoms. The largest absolute Gasteiger partial charge is 0.383 e. The molecule has 0 aliphatic carbocycles. The normalized spacial score (nSPS) is 10.7. The number of ether oxygens (including phenoxy) is 2. The van der Waals surface area contributed by atoms with E-state index in [0.29, 0.717) is 25.5 Å². The average molecular weight is 302 g/mol. The Labute approximate surface area is 123 Å². The molecule has 0 radical (unpaired) electrons. The molecule has 0 aromatic rings. The van der Waals surface area contributed by atoms with Gasteiger partial charge in [0.2, 0.25) is 5.91 Å². The summed E-state index contributed by atoms with van der Waals surface area (Å²) in [6.07, 6.45) is 1.25. The molecule has 4 N–H and O–H groups in total. The van der Waals surface area contributed by atoms with Crippen LogP contribution in [-0.2, 0) is 23.9 Å². The van der Waals surface area contributed by atoms with Crippen molar-refractivity contribution in [3.8, 4) is 0 Å². The van der Waals surface area contributed by atoms with Crippen LogP contribution in [-0.4, -0.2) is 58.2 Å². The molecule has 0 aliphatic rings. The zero-order chi connectivity index (χ0) is 16.1. The lowest BCUT2D eigenvalue weighted by Crippen LogP contribution is -2.46. The zero-order valence-corrected chi connectivity index (χ0v) is 12.4. The van der Waals surface area contributed by atoms with Crippen molar-refractivity contribution in [1.82, 2.24) is 21.5 Å². The van der Waals surface area contributed by atoms with Gasteiger partial charge in [-0.25, -0.2) is 0 Å². The van der Waals surface area contributed by atoms with Gasteiger partial charge in [0.1, 0.15) is 0 Å². The van der Waals surface area contributed by atoms with Gasteiger partial charge in [0, 0.05) is 39.1 Å². The molecule has 0 spiro atoms. The number of amides is 3. The number of allylic oxidation sites excluding steroid dienone is 1. The molecule has 3 amide bonds. The summed E-state index contributed by atoms with van der Waals surface area (Å²) in [5.74, 6) is -1.99. The summed E-state index contributed by atoms with van der Waals surface area (Å²) in [7, 11) is 3.02. The van der Waals surface area contributed by atoms with Crippen molar-refractivity contribution in [3.63, 3.8) is 0 Å². The molecule has 0 aromatic carbocycles. The molecule has 0 heterocycles. The maximum Gasteiger partial charge on any atom is 0.327 e. The van der Waals surface area contributed by atoms with E-state index in [9.17, 15) is 14.4 Å². The van der Waals surface area contributed by atoms with Crippen molar-refractivity contribution >= 4 is 17.7 Å². The fourth-order valence-electron chi connectivity index (χ4n) is 1.12. The van der Waals surface area contributed by atoms with E-state index in [1.807, 2.05) is 0 Å². The third-order valence-corrected chi connectivity index (χ3v) is 2.12. The second kappa shape index (κ2) is 11.7. The number of hydrazine groups is 1. The number of methoxy groups -OCH3 is 2. The van der Waals surface area contributed by atoms with Crippen molar-refractivity contribution < 1.29 is 23.9 Å². The van der Waals surface area contributed by atoms with Gasteiger partial charge in [-0.3, -0.25) is 19.8 Å². The summed E-state index contributed by atoms with van der Waals surface area (Å²) in [5.41, 5.74) is 5.00. The lowest BCUT2D eigenvalue weighted by Gasteiger charge is -2.09. The van der Waals surface area contributed by atoms with E-state index >= 15 is 0 Å². The van der Waals surface area contributed by atoms with Crippen LogP contribution in [0.4, 0.5) is 0 Å². The number of carbonyl (C=O) groups is 3. The van der Waals surface area contributed by atoms with Crippen molar-refractivity contribution in [2.24, 2.45) is 0 Å². The first-order valence-corrected chi connectivity index (χ1v) is 6.29. The van der Waals surface area contributed by atoms with Gasteiger partial charge >= 0.3 is 11.8 Å². The van der Waals surface area contributed by atoms with Crippen molar-refractivity contribution in [1.29, 1.82) is 0 Å². The van der Waals surface area contributed by atoms with E-state index in [2.05, 4.69) is 21.5 Å². The van der Waals surface area contributed by atoms with E-state index in [-0.39, 0.29) is 12.5 Å². The molecule has 0 fully saturated rings. The predicted octanol–water partition coefficient (Wildman–Crippen LogP) is -1.96. The van der Waals surface area contributed by atoms with Crippen LogP contribution in [0.3, 0.4) is 0 Å². The number of rotatable bonds is 9. The highest BCUT2D eigenvalue weighted by Gasteiger charge is 2.11. The third-order valence-electron chi connectivity index (χ3n) is 2.12. The molecule has 0 aliphatic heterocycles. The summed E-state index contributed by atoms with van der Waals surface area (Å²) in [4.78, 5) is 34.1. The van der Waals surface area contributed by atoms with E-state index in [1.165, 1.54) is 20.3 Å². The highest BCUT2D eigenvalue weighted by molar-refractivity contribution is 6.34. The molecular weight excluding hydrogens is 280 g/mol. The van der Waals surface area contributed by atoms with Gasteiger partial charge in [0.15, 0.2) is 0 Å². The van der Waals surface area contributed by atoms with Crippen LogP contribution in [0, 0.1) is 0 Å². The number of nitrogens with one attached hydrogen (secondary N) is 4. The number of hydrogen-bond donors (Lipinski definition) is 4. The monoisotopic (exact) mass is 302 g/mol. The Kier molecular flexibility index (Phi) is 10.5. The second-order valence-electron chi connectivity index (χ2n) is 3.94. The van der Waals surface area contributed by atoms with Crippen LogP contribution in [0.2, 0.25) is 0 Å². The maximum atomic E-state index is 11.4. The Hall–Kier alpha value is -2.13. The Morgan fingerprint density at radius 3 is 2.05 bits per heavy atom. The average Bonchev–Trinajstić information content (AvgIpc) is 2.45. The summed E-state index contributed by atoms with van der Waals surface area (Å²) in [6.45, 7) is 2.91. The lowest BCUT2D eigenvalue weighted by atomic mass is 10.4. The van der Waals surface area contributed by atoms with E-state index < -0.39 is 11.8 Å². The molecule has 9 nitrogen and oxygen atoms in total. The van der Waals surface area contributed by atoms with Gasteiger partial charge in [0.25, 0.3) is 0 Å². The van der Waals surface area contributed by atoms with E-state index in [0.717, 1.165) is 0 Å². The minimum absolute atomic E-state index is 0.236. The molecular formula is C12H22N4O5. The van der Waals surface area contributed by atoms with Crippen LogP contribution >= 0.6 is 0 Å². The van der Waals surface area contributed by atoms with Crippen molar-refractivity contribution in [2.75, 3.05) is 40.5 Å². The minimum atomic E-state index is -0.862. The van der Waals surface area contributed by atoms with Gasteiger partial charge in [-0.1, -0.05) is 0 Å². The Balaban J connectivity index is 3.99. The summed E-state index contributed by atoms with van der Waals surface area (Å²) in [6, 6.07) is 0. The van der Waals surface area contributed by atoms with Crippen LogP contribution in [0.25, 0.3) is 0 Å². The first kappa shape index (κ1) is 18.9. The van der Waals surface area contributed by atoms with E-state index in [4.69, 9.17) is 9.47 Å². The highest BCUT2D eigenvalue weighted by Crippen LogP contribution is 1.84. The fraction of sp³-hybridized carbons (Fsp3) is 0.583. The van der Waals surface area contributed by atoms with Gasteiger partial charge in [0.05, 0.1) is 13.2 Å².